The van der Waals surface area contributed by atoms with Crippen molar-refractivity contribution >= 4 is 11.6 Å². The molecule has 138 valence electrons. The fourth-order valence-corrected chi connectivity index (χ4v) is 3.93. The molecule has 0 bridgehead atoms. The van der Waals surface area contributed by atoms with Gasteiger partial charge in [-0.3, -0.25) is 4.79 Å². The highest BCUT2D eigenvalue weighted by atomic mass is 19.4. The van der Waals surface area contributed by atoms with Gasteiger partial charge in [0.05, 0.1) is 11.5 Å². The van der Waals surface area contributed by atoms with Crippen LogP contribution < -0.4 is 10.2 Å². The Morgan fingerprint density at radius 2 is 1.68 bits per heavy atom. The Morgan fingerprint density at radius 3 is 2.24 bits per heavy atom. The first-order valence-corrected chi connectivity index (χ1v) is 9.18. The largest absolute Gasteiger partial charge is 0.416 e. The standard InChI is InChI=1S/C19H25F3N2O/c20-19(21,22)15-8-10-17(11-9-15)24(16-6-2-1-3-7-16)18(25)14-5-4-12-23-13-14/h8-11,14,16,23H,1-7,12-13H2/t14-/m0/s1. The number of carbonyl (C=O) groups is 1. The van der Waals surface area contributed by atoms with Gasteiger partial charge >= 0.3 is 6.18 Å². The quantitative estimate of drug-likeness (QED) is 0.874. The fraction of sp³-hybridized carbons (Fsp3) is 0.632. The number of carbonyl (C=O) groups excluding carboxylic acids is 1. The predicted molar refractivity (Wildman–Crippen MR) is 91.4 cm³/mol. The van der Waals surface area contributed by atoms with E-state index in [4.69, 9.17) is 0 Å². The zero-order chi connectivity index (χ0) is 17.9. The van der Waals surface area contributed by atoms with Crippen LogP contribution in [0.5, 0.6) is 0 Å². The molecule has 2 fully saturated rings. The monoisotopic (exact) mass is 354 g/mol. The van der Waals surface area contributed by atoms with Crippen LogP contribution in [0.2, 0.25) is 0 Å². The molecule has 6 heteroatoms. The number of halogens is 3. The molecule has 1 heterocycles. The van der Waals surface area contributed by atoms with Gasteiger partial charge in [-0.2, -0.15) is 13.2 Å². The lowest BCUT2D eigenvalue weighted by molar-refractivity contribution is -0.137. The smallest absolute Gasteiger partial charge is 0.316 e. The Bertz CT molecular complexity index is 573. The second-order valence-electron chi connectivity index (χ2n) is 7.09. The third-order valence-corrected chi connectivity index (χ3v) is 5.30. The Labute approximate surface area is 146 Å². The van der Waals surface area contributed by atoms with Crippen molar-refractivity contribution in [3.05, 3.63) is 29.8 Å². The number of hydrogen-bond donors (Lipinski definition) is 1. The summed E-state index contributed by atoms with van der Waals surface area (Å²) in [6, 6.07) is 5.16. The summed E-state index contributed by atoms with van der Waals surface area (Å²) in [6.45, 7) is 1.58. The summed E-state index contributed by atoms with van der Waals surface area (Å²) in [6.07, 6.45) is 2.59. The Hall–Kier alpha value is -1.56. The molecule has 0 radical (unpaired) electrons. The summed E-state index contributed by atoms with van der Waals surface area (Å²) >= 11 is 0. The number of anilines is 1. The SMILES string of the molecule is O=C([C@H]1CCCNC1)N(c1ccc(C(F)(F)F)cc1)C1CCCCC1. The van der Waals surface area contributed by atoms with E-state index in [0.717, 1.165) is 63.6 Å². The van der Waals surface area contributed by atoms with Crippen LogP contribution in [0.3, 0.4) is 0 Å². The number of nitrogens with one attached hydrogen (secondary N) is 1. The summed E-state index contributed by atoms with van der Waals surface area (Å²) in [7, 11) is 0. The molecule has 1 aliphatic carbocycles. The number of rotatable bonds is 3. The van der Waals surface area contributed by atoms with Gasteiger partial charge in [0, 0.05) is 18.3 Å². The molecule has 3 nitrogen and oxygen atoms in total. The van der Waals surface area contributed by atoms with Crippen LogP contribution in [0.15, 0.2) is 24.3 Å². The predicted octanol–water partition coefficient (Wildman–Crippen LogP) is 4.37. The molecule has 0 spiro atoms. The summed E-state index contributed by atoms with van der Waals surface area (Å²) in [4.78, 5) is 14.9. The van der Waals surface area contributed by atoms with Crippen molar-refractivity contribution in [3.63, 3.8) is 0 Å². The topological polar surface area (TPSA) is 32.3 Å². The second kappa shape index (κ2) is 7.77. The Balaban J connectivity index is 1.86. The first-order chi connectivity index (χ1) is 12.0. The van der Waals surface area contributed by atoms with E-state index in [1.165, 1.54) is 12.1 Å². The maximum Gasteiger partial charge on any atom is 0.416 e. The average Bonchev–Trinajstić information content (AvgIpc) is 2.63. The van der Waals surface area contributed by atoms with E-state index >= 15 is 0 Å². The molecule has 1 aliphatic heterocycles. The molecule has 25 heavy (non-hydrogen) atoms. The average molecular weight is 354 g/mol. The number of nitrogens with zero attached hydrogens (tertiary/aromatic N) is 1. The van der Waals surface area contributed by atoms with Crippen LogP contribution >= 0.6 is 0 Å². The highest BCUT2D eigenvalue weighted by Crippen LogP contribution is 2.33. The Kier molecular flexibility index (Phi) is 5.67. The third-order valence-electron chi connectivity index (χ3n) is 5.30. The minimum absolute atomic E-state index is 0.0545. The van der Waals surface area contributed by atoms with Gasteiger partial charge in [-0.15, -0.1) is 0 Å². The molecule has 1 aromatic rings. The van der Waals surface area contributed by atoms with E-state index in [-0.39, 0.29) is 17.9 Å². The Morgan fingerprint density at radius 1 is 1.00 bits per heavy atom. The zero-order valence-electron chi connectivity index (χ0n) is 14.3. The van der Waals surface area contributed by atoms with Crippen LogP contribution in [0, 0.1) is 5.92 Å². The van der Waals surface area contributed by atoms with Crippen LogP contribution in [0.4, 0.5) is 18.9 Å². The number of hydrogen-bond acceptors (Lipinski definition) is 2. The van der Waals surface area contributed by atoms with Crippen molar-refractivity contribution in [2.24, 2.45) is 5.92 Å². The molecule has 2 aliphatic rings. The molecule has 1 saturated heterocycles. The molecule has 1 N–H and O–H groups in total. The number of amides is 1. The van der Waals surface area contributed by atoms with Crippen molar-refractivity contribution < 1.29 is 18.0 Å². The van der Waals surface area contributed by atoms with Gasteiger partial charge in [-0.05, 0) is 56.5 Å². The molecule has 1 aromatic carbocycles. The normalized spacial score (nSPS) is 22.6. The lowest BCUT2D eigenvalue weighted by Gasteiger charge is -2.37. The van der Waals surface area contributed by atoms with Crippen LogP contribution in [-0.4, -0.2) is 25.0 Å². The number of alkyl halides is 3. The zero-order valence-corrected chi connectivity index (χ0v) is 14.3. The van der Waals surface area contributed by atoms with Crippen LogP contribution in [0.25, 0.3) is 0 Å². The summed E-state index contributed by atoms with van der Waals surface area (Å²) in [5.74, 6) is -0.0307. The third kappa shape index (κ3) is 4.35. The van der Waals surface area contributed by atoms with Gasteiger partial charge in [0.15, 0.2) is 0 Å². The summed E-state index contributed by atoms with van der Waals surface area (Å²) < 4.78 is 38.5. The van der Waals surface area contributed by atoms with Gasteiger partial charge in [0.25, 0.3) is 0 Å². The molecule has 3 rings (SSSR count). The van der Waals surface area contributed by atoms with Gasteiger partial charge in [0.1, 0.15) is 0 Å². The highest BCUT2D eigenvalue weighted by Gasteiger charge is 2.34. The molecule has 0 aromatic heterocycles. The maximum absolute atomic E-state index is 13.1. The van der Waals surface area contributed by atoms with E-state index in [2.05, 4.69) is 5.32 Å². The van der Waals surface area contributed by atoms with Gasteiger partial charge in [-0.25, -0.2) is 0 Å². The van der Waals surface area contributed by atoms with Gasteiger partial charge in [-0.1, -0.05) is 19.3 Å². The van der Waals surface area contributed by atoms with Crippen molar-refractivity contribution in [2.45, 2.75) is 57.2 Å². The summed E-state index contributed by atoms with van der Waals surface area (Å²) in [5, 5.41) is 3.26. The molecule has 1 saturated carbocycles. The fourth-order valence-electron chi connectivity index (χ4n) is 3.93. The first kappa shape index (κ1) is 18.2. The molecule has 1 atom stereocenters. The van der Waals surface area contributed by atoms with Gasteiger partial charge < -0.3 is 10.2 Å². The van der Waals surface area contributed by atoms with Crippen molar-refractivity contribution in [1.29, 1.82) is 0 Å². The van der Waals surface area contributed by atoms with Crippen LogP contribution in [0.1, 0.15) is 50.5 Å². The lowest BCUT2D eigenvalue weighted by Crippen LogP contribution is -2.48. The summed E-state index contributed by atoms with van der Waals surface area (Å²) in [5.41, 5.74) is -0.0814. The van der Waals surface area contributed by atoms with Crippen molar-refractivity contribution in [1.82, 2.24) is 5.32 Å². The van der Waals surface area contributed by atoms with E-state index < -0.39 is 11.7 Å². The van der Waals surface area contributed by atoms with Crippen molar-refractivity contribution in [2.75, 3.05) is 18.0 Å². The highest BCUT2D eigenvalue weighted by molar-refractivity contribution is 5.95. The van der Waals surface area contributed by atoms with Crippen molar-refractivity contribution in [3.8, 4) is 0 Å². The van der Waals surface area contributed by atoms with E-state index in [0.29, 0.717) is 12.2 Å². The second-order valence-corrected chi connectivity index (χ2v) is 7.09. The van der Waals surface area contributed by atoms with E-state index in [9.17, 15) is 18.0 Å². The number of piperidine rings is 1. The lowest BCUT2D eigenvalue weighted by atomic mass is 9.91. The molecule has 0 unspecified atom stereocenters. The minimum Gasteiger partial charge on any atom is -0.316 e. The maximum atomic E-state index is 13.1. The molecular formula is C19H25F3N2O. The molecular weight excluding hydrogens is 329 g/mol. The minimum atomic E-state index is -4.36. The van der Waals surface area contributed by atoms with E-state index in [1.807, 2.05) is 0 Å². The number of benzene rings is 1. The van der Waals surface area contributed by atoms with Gasteiger partial charge in [0.2, 0.25) is 5.91 Å². The van der Waals surface area contributed by atoms with Crippen LogP contribution in [-0.2, 0) is 11.0 Å². The molecule has 1 amide bonds. The van der Waals surface area contributed by atoms with E-state index in [1.54, 1.807) is 4.90 Å². The first-order valence-electron chi connectivity index (χ1n) is 9.18.